The van der Waals surface area contributed by atoms with Gasteiger partial charge in [0.25, 0.3) is 5.09 Å². The number of fused-ring (bicyclic) bond motifs is 5. The first-order valence-corrected chi connectivity index (χ1v) is 10.6. The number of ether oxygens (including phenoxy) is 1. The number of rotatable bonds is 4. The van der Waals surface area contributed by atoms with E-state index in [2.05, 4.69) is 13.8 Å². The van der Waals surface area contributed by atoms with Crippen LogP contribution in [-0.2, 0) is 21.7 Å². The van der Waals surface area contributed by atoms with Gasteiger partial charge in [0.05, 0.1) is 0 Å². The molecule has 0 aromatic heterocycles. The lowest BCUT2D eigenvalue weighted by atomic mass is 9.51. The molecule has 29 heavy (non-hydrogen) atoms. The van der Waals surface area contributed by atoms with Crippen molar-refractivity contribution in [1.82, 2.24) is 0 Å². The van der Waals surface area contributed by atoms with Gasteiger partial charge in [-0.15, -0.1) is 10.1 Å². The predicted molar refractivity (Wildman–Crippen MR) is 105 cm³/mol. The van der Waals surface area contributed by atoms with E-state index in [1.165, 1.54) is 6.92 Å². The molecule has 1 aromatic rings. The standard InChI is InChI=1S/C22H29NO6/c1-4-15-6-9-18-19-8-5-14-11-16(28-13(2)24)7-10-17(14)22(19,25)20(29-23(26)27)12-21(15,18)3/h7,10-11,15,18-20,25H,4-6,8-9,12H2,1-3H3/t15-,18-,19-,20-,21+,22-/m0/s1. The molecule has 0 heterocycles. The average Bonchev–Trinajstić information content (AvgIpc) is 2.96. The number of hydrogen-bond acceptors (Lipinski definition) is 6. The zero-order chi connectivity index (χ0) is 21.0. The molecule has 0 aliphatic heterocycles. The zero-order valence-corrected chi connectivity index (χ0v) is 17.2. The Bertz CT molecular complexity index is 841. The zero-order valence-electron chi connectivity index (χ0n) is 17.2. The Morgan fingerprint density at radius 2 is 2.07 bits per heavy atom. The van der Waals surface area contributed by atoms with Gasteiger partial charge in [-0.3, -0.25) is 4.79 Å². The molecule has 0 amide bonds. The van der Waals surface area contributed by atoms with Crippen LogP contribution in [0.25, 0.3) is 0 Å². The van der Waals surface area contributed by atoms with Crippen molar-refractivity contribution in [2.45, 2.75) is 71.0 Å². The molecular formula is C22H29NO6. The summed E-state index contributed by atoms with van der Waals surface area (Å²) >= 11 is 0. The summed E-state index contributed by atoms with van der Waals surface area (Å²) in [7, 11) is 0. The number of carbonyl (C=O) groups is 1. The summed E-state index contributed by atoms with van der Waals surface area (Å²) in [5.41, 5.74) is 0.0654. The second-order valence-corrected chi connectivity index (χ2v) is 9.20. The van der Waals surface area contributed by atoms with Crippen LogP contribution >= 0.6 is 0 Å². The molecule has 3 aliphatic rings. The van der Waals surface area contributed by atoms with Gasteiger partial charge >= 0.3 is 5.97 Å². The summed E-state index contributed by atoms with van der Waals surface area (Å²) in [4.78, 5) is 27.8. The lowest BCUT2D eigenvalue weighted by Gasteiger charge is -2.57. The molecule has 0 unspecified atom stereocenters. The third-order valence-electron chi connectivity index (χ3n) is 7.97. The van der Waals surface area contributed by atoms with Crippen LogP contribution < -0.4 is 4.74 Å². The molecular weight excluding hydrogens is 374 g/mol. The SMILES string of the molecule is CC[C@H]1CC[C@H]2[C@@H]3CCc4cc(OC(C)=O)ccc4[C@@]3(O)[C@@H](O[N+](=O)[O-])C[C@]12C. The van der Waals surface area contributed by atoms with Gasteiger partial charge < -0.3 is 14.7 Å². The van der Waals surface area contributed by atoms with Crippen molar-refractivity contribution in [3.8, 4) is 5.75 Å². The molecule has 2 saturated carbocycles. The van der Waals surface area contributed by atoms with Gasteiger partial charge in [0.15, 0.2) is 0 Å². The molecule has 0 spiro atoms. The van der Waals surface area contributed by atoms with E-state index in [9.17, 15) is 20.0 Å². The first-order valence-electron chi connectivity index (χ1n) is 10.6. The summed E-state index contributed by atoms with van der Waals surface area (Å²) in [5.74, 6) is 0.734. The molecule has 6 atom stereocenters. The molecule has 7 heteroatoms. The third-order valence-corrected chi connectivity index (χ3v) is 7.97. The van der Waals surface area contributed by atoms with Crippen LogP contribution in [0.3, 0.4) is 0 Å². The Morgan fingerprint density at radius 1 is 1.31 bits per heavy atom. The largest absolute Gasteiger partial charge is 0.427 e. The number of aryl methyl sites for hydroxylation is 1. The van der Waals surface area contributed by atoms with Gasteiger partial charge in [-0.1, -0.05) is 26.3 Å². The number of nitrogens with zero attached hydrogens (tertiary/aromatic N) is 1. The molecule has 0 saturated heterocycles. The van der Waals surface area contributed by atoms with E-state index >= 15 is 0 Å². The molecule has 2 fully saturated rings. The molecule has 158 valence electrons. The molecule has 0 radical (unpaired) electrons. The highest BCUT2D eigenvalue weighted by Gasteiger charge is 2.64. The van der Waals surface area contributed by atoms with Crippen LogP contribution in [0.15, 0.2) is 18.2 Å². The number of hydrogen-bond donors (Lipinski definition) is 1. The van der Waals surface area contributed by atoms with Gasteiger partial charge in [0, 0.05) is 6.92 Å². The van der Waals surface area contributed by atoms with Crippen molar-refractivity contribution in [2.24, 2.45) is 23.2 Å². The van der Waals surface area contributed by atoms with Crippen LogP contribution in [-0.4, -0.2) is 22.3 Å². The minimum absolute atomic E-state index is 0.0679. The fourth-order valence-electron chi connectivity index (χ4n) is 6.82. The molecule has 4 rings (SSSR count). The maximum absolute atomic E-state index is 12.0. The molecule has 7 nitrogen and oxygen atoms in total. The smallest absolute Gasteiger partial charge is 0.308 e. The lowest BCUT2D eigenvalue weighted by molar-refractivity contribution is -0.775. The first kappa shape index (κ1) is 20.1. The molecule has 0 bridgehead atoms. The average molecular weight is 403 g/mol. The molecule has 3 aliphatic carbocycles. The van der Waals surface area contributed by atoms with Crippen molar-refractivity contribution in [1.29, 1.82) is 0 Å². The Morgan fingerprint density at radius 3 is 2.72 bits per heavy atom. The fourth-order valence-corrected chi connectivity index (χ4v) is 6.82. The van der Waals surface area contributed by atoms with E-state index < -0.39 is 22.8 Å². The highest BCUT2D eigenvalue weighted by molar-refractivity contribution is 5.69. The second-order valence-electron chi connectivity index (χ2n) is 9.20. The Labute approximate surface area is 170 Å². The van der Waals surface area contributed by atoms with Gasteiger partial charge in [-0.25, -0.2) is 0 Å². The number of aliphatic hydroxyl groups is 1. The van der Waals surface area contributed by atoms with E-state index in [0.717, 1.165) is 37.7 Å². The maximum atomic E-state index is 12.0. The summed E-state index contributed by atoms with van der Waals surface area (Å²) in [6, 6.07) is 5.18. The highest BCUT2D eigenvalue weighted by Crippen LogP contribution is 2.65. The van der Waals surface area contributed by atoms with E-state index in [4.69, 9.17) is 9.57 Å². The van der Waals surface area contributed by atoms with Gasteiger partial charge in [-0.2, -0.15) is 0 Å². The van der Waals surface area contributed by atoms with E-state index in [1.807, 2.05) is 0 Å². The number of esters is 1. The van der Waals surface area contributed by atoms with Crippen LogP contribution in [0.4, 0.5) is 0 Å². The monoisotopic (exact) mass is 403 g/mol. The fraction of sp³-hybridized carbons (Fsp3) is 0.682. The molecule has 1 N–H and O–H groups in total. The lowest BCUT2D eigenvalue weighted by Crippen LogP contribution is -2.60. The van der Waals surface area contributed by atoms with Gasteiger partial charge in [0.1, 0.15) is 17.5 Å². The number of carbonyl (C=O) groups excluding carboxylic acids is 1. The third kappa shape index (κ3) is 3.01. The quantitative estimate of drug-likeness (QED) is 0.355. The van der Waals surface area contributed by atoms with Crippen LogP contribution in [0.1, 0.15) is 64.0 Å². The normalized spacial score (nSPS) is 37.8. The highest BCUT2D eigenvalue weighted by atomic mass is 17.0. The minimum Gasteiger partial charge on any atom is -0.427 e. The van der Waals surface area contributed by atoms with Crippen LogP contribution in [0.5, 0.6) is 5.75 Å². The topological polar surface area (TPSA) is 98.9 Å². The predicted octanol–water partition coefficient (Wildman–Crippen LogP) is 3.79. The van der Waals surface area contributed by atoms with Crippen LogP contribution in [0.2, 0.25) is 0 Å². The van der Waals surface area contributed by atoms with Crippen molar-refractivity contribution in [2.75, 3.05) is 0 Å². The van der Waals surface area contributed by atoms with Crippen molar-refractivity contribution in [3.05, 3.63) is 39.4 Å². The Kier molecular flexibility index (Phi) is 4.84. The second kappa shape index (κ2) is 6.97. The summed E-state index contributed by atoms with van der Waals surface area (Å²) in [5, 5.41) is 22.6. The van der Waals surface area contributed by atoms with E-state index in [1.54, 1.807) is 18.2 Å². The van der Waals surface area contributed by atoms with Crippen molar-refractivity contribution in [3.63, 3.8) is 0 Å². The summed E-state index contributed by atoms with van der Waals surface area (Å²) < 4.78 is 5.19. The Balaban J connectivity index is 1.79. The Hall–Kier alpha value is -2.15. The number of benzene rings is 1. The minimum atomic E-state index is -1.41. The van der Waals surface area contributed by atoms with Crippen molar-refractivity contribution >= 4 is 5.97 Å². The van der Waals surface area contributed by atoms with E-state index in [0.29, 0.717) is 29.6 Å². The van der Waals surface area contributed by atoms with Crippen LogP contribution in [0, 0.1) is 33.3 Å². The van der Waals surface area contributed by atoms with Gasteiger partial charge in [0.2, 0.25) is 0 Å². The molecule has 1 aromatic carbocycles. The van der Waals surface area contributed by atoms with Crippen molar-refractivity contribution < 1.29 is 24.6 Å². The summed E-state index contributed by atoms with van der Waals surface area (Å²) in [6.45, 7) is 5.75. The first-order chi connectivity index (χ1) is 13.7. The van der Waals surface area contributed by atoms with E-state index in [-0.39, 0.29) is 11.3 Å². The van der Waals surface area contributed by atoms with Gasteiger partial charge in [-0.05, 0) is 78.5 Å². The maximum Gasteiger partial charge on any atom is 0.308 e. The summed E-state index contributed by atoms with van der Waals surface area (Å²) in [6.07, 6.45) is 4.20.